The molecule has 1 saturated heterocycles. The van der Waals surface area contributed by atoms with E-state index < -0.39 is 39.1 Å². The Kier molecular flexibility index (Phi) is 11.5. The average molecular weight is 696 g/mol. The first-order valence-electron chi connectivity index (χ1n) is 15.0. The van der Waals surface area contributed by atoms with Crippen LogP contribution in [0.4, 0.5) is 20.4 Å². The number of aromatic nitrogens is 1. The van der Waals surface area contributed by atoms with Crippen LogP contribution in [0.15, 0.2) is 24.3 Å². The number of hydrogen-bond acceptors (Lipinski definition) is 11. The largest absolute Gasteiger partial charge is 0.412 e. The number of primary amides is 1. The molecule has 1 unspecified atom stereocenters. The maximum Gasteiger partial charge on any atom is 0.412 e. The Morgan fingerprint density at radius 3 is 2.04 bits per heavy atom. The number of alkyl carbamates (subject to hydrolysis) is 1. The number of anilines is 2. The predicted molar refractivity (Wildman–Crippen MR) is 178 cm³/mol. The van der Waals surface area contributed by atoms with Gasteiger partial charge < -0.3 is 36.1 Å². The van der Waals surface area contributed by atoms with Crippen molar-refractivity contribution in [1.82, 2.24) is 19.5 Å². The number of benzene rings is 1. The van der Waals surface area contributed by atoms with Gasteiger partial charge in [-0.3, -0.25) is 9.59 Å². The number of ether oxygens (including phenoxy) is 2. The molecule has 1 aromatic heterocycles. The van der Waals surface area contributed by atoms with Crippen molar-refractivity contribution in [3.05, 3.63) is 40.4 Å². The number of nitrogens with zero attached hydrogens (tertiary/aromatic N) is 3. The first-order chi connectivity index (χ1) is 21.6. The topological polar surface area (TPSA) is 202 Å². The van der Waals surface area contributed by atoms with Crippen LogP contribution >= 0.6 is 11.3 Å². The lowest BCUT2D eigenvalue weighted by molar-refractivity contribution is -0.202. The van der Waals surface area contributed by atoms with Gasteiger partial charge in [0.2, 0.25) is 15.9 Å². The van der Waals surface area contributed by atoms with Crippen LogP contribution in [0.3, 0.4) is 0 Å². The molecule has 2 heterocycles. The molecule has 1 aromatic carbocycles. The molecular weight excluding hydrogens is 651 g/mol. The second-order valence-electron chi connectivity index (χ2n) is 13.3. The lowest BCUT2D eigenvalue weighted by atomic mass is 9.90. The third-order valence-electron chi connectivity index (χ3n) is 7.03. The highest BCUT2D eigenvalue weighted by Gasteiger charge is 2.50. The van der Waals surface area contributed by atoms with Crippen molar-refractivity contribution in [3.63, 3.8) is 0 Å². The number of nitrogens with two attached hydrogens (primary N) is 1. The van der Waals surface area contributed by atoms with E-state index in [1.54, 1.807) is 58.6 Å². The fourth-order valence-corrected chi connectivity index (χ4v) is 6.49. The zero-order valence-corrected chi connectivity index (χ0v) is 29.7. The summed E-state index contributed by atoms with van der Waals surface area (Å²) in [6.45, 7) is 12.7. The van der Waals surface area contributed by atoms with Gasteiger partial charge in [0.1, 0.15) is 4.88 Å². The number of sulfonamides is 1. The van der Waals surface area contributed by atoms with Crippen molar-refractivity contribution < 1.29 is 37.1 Å². The van der Waals surface area contributed by atoms with E-state index in [9.17, 15) is 27.6 Å². The molecule has 0 spiro atoms. The predicted octanol–water partition coefficient (Wildman–Crippen LogP) is 3.34. The summed E-state index contributed by atoms with van der Waals surface area (Å²) in [5.41, 5.74) is 5.67. The fourth-order valence-electron chi connectivity index (χ4n) is 4.64. The Morgan fingerprint density at radius 1 is 0.957 bits per heavy atom. The number of nitrogens with one attached hydrogen (secondary N) is 3. The summed E-state index contributed by atoms with van der Waals surface area (Å²) in [6, 6.07) is 7.09. The smallest absolute Gasteiger partial charge is 0.387 e. The summed E-state index contributed by atoms with van der Waals surface area (Å²) >= 11 is 1.08. The zero-order chi connectivity index (χ0) is 35.4. The summed E-state index contributed by atoms with van der Waals surface area (Å²) in [5.74, 6) is -2.55. The highest BCUT2D eigenvalue weighted by atomic mass is 32.2. The third-order valence-corrected chi connectivity index (χ3v) is 9.33. The van der Waals surface area contributed by atoms with Gasteiger partial charge in [0, 0.05) is 44.3 Å². The van der Waals surface area contributed by atoms with Crippen LogP contribution in [-0.4, -0.2) is 90.5 Å². The van der Waals surface area contributed by atoms with Crippen LogP contribution in [0.1, 0.15) is 69.4 Å². The molecule has 3 rings (SSSR count). The standard InChI is InChI=1S/C30H45N7O8S2/c1-19(38)32-26-33-22(23(46-26)24(39)36-15-17-37(18-16-36)47(8,42)43)14-11-20-9-12-21(13-10-20)34-30(28(2,3)4,44-25(31)40)45-27(41)35-29(5,6)7/h9-10,12-13,34H,11,14-18H2,1-8H3,(H2,31,40)(H,35,41)(H,32,33,38). The van der Waals surface area contributed by atoms with Crippen molar-refractivity contribution in [3.8, 4) is 0 Å². The first-order valence-corrected chi connectivity index (χ1v) is 17.6. The Bertz CT molecular complexity index is 1570. The minimum atomic E-state index is -3.35. The van der Waals surface area contributed by atoms with Crippen LogP contribution in [0.5, 0.6) is 0 Å². The summed E-state index contributed by atoms with van der Waals surface area (Å²) in [6.07, 6.45) is 0.0438. The highest BCUT2D eigenvalue weighted by Crippen LogP contribution is 2.37. The number of carbonyl (C=O) groups excluding carboxylic acids is 4. The lowest BCUT2D eigenvalue weighted by Crippen LogP contribution is -2.59. The molecule has 4 amide bonds. The molecule has 17 heteroatoms. The van der Waals surface area contributed by atoms with Crippen LogP contribution in [-0.2, 0) is 37.1 Å². The number of piperazine rings is 1. The van der Waals surface area contributed by atoms with E-state index in [1.807, 2.05) is 12.1 Å². The molecule has 1 aliphatic rings. The average Bonchev–Trinajstić information content (AvgIpc) is 3.31. The Morgan fingerprint density at radius 2 is 1.55 bits per heavy atom. The Hall–Kier alpha value is -3.96. The molecule has 0 bridgehead atoms. The minimum absolute atomic E-state index is 0.199. The second kappa shape index (κ2) is 14.4. The van der Waals surface area contributed by atoms with Crippen molar-refractivity contribution in [2.75, 3.05) is 43.1 Å². The van der Waals surface area contributed by atoms with Gasteiger partial charge in [-0.15, -0.1) is 0 Å². The molecule has 0 saturated carbocycles. The van der Waals surface area contributed by atoms with Gasteiger partial charge in [0.15, 0.2) is 5.13 Å². The second-order valence-corrected chi connectivity index (χ2v) is 16.3. The number of carbonyl (C=O) groups is 4. The monoisotopic (exact) mass is 695 g/mol. The van der Waals surface area contributed by atoms with E-state index in [4.69, 9.17) is 15.2 Å². The van der Waals surface area contributed by atoms with Crippen LogP contribution in [0, 0.1) is 5.41 Å². The fraction of sp³-hybridized carbons (Fsp3) is 0.567. The van der Waals surface area contributed by atoms with E-state index in [0.29, 0.717) is 34.2 Å². The summed E-state index contributed by atoms with van der Waals surface area (Å²) < 4.78 is 36.2. The quantitative estimate of drug-likeness (QED) is 0.267. The van der Waals surface area contributed by atoms with Crippen LogP contribution < -0.4 is 21.7 Å². The van der Waals surface area contributed by atoms with E-state index in [2.05, 4.69) is 20.9 Å². The van der Waals surface area contributed by atoms with E-state index in [-0.39, 0.29) is 38.0 Å². The summed E-state index contributed by atoms with van der Waals surface area (Å²) in [7, 11) is -3.35. The maximum absolute atomic E-state index is 13.5. The van der Waals surface area contributed by atoms with Crippen molar-refractivity contribution in [2.24, 2.45) is 11.1 Å². The summed E-state index contributed by atoms with van der Waals surface area (Å²) in [4.78, 5) is 56.4. The molecule has 0 aliphatic carbocycles. The van der Waals surface area contributed by atoms with E-state index >= 15 is 0 Å². The molecule has 5 N–H and O–H groups in total. The number of hydrogen-bond donors (Lipinski definition) is 4. The molecular formula is C30H45N7O8S2. The number of amides is 4. The Balaban J connectivity index is 1.79. The third kappa shape index (κ3) is 10.5. The van der Waals surface area contributed by atoms with Gasteiger partial charge in [-0.05, 0) is 51.3 Å². The van der Waals surface area contributed by atoms with Crippen molar-refractivity contribution in [1.29, 1.82) is 0 Å². The van der Waals surface area contributed by atoms with Gasteiger partial charge in [-0.25, -0.2) is 23.0 Å². The van der Waals surface area contributed by atoms with Gasteiger partial charge >= 0.3 is 18.1 Å². The Labute approximate surface area is 279 Å². The van der Waals surface area contributed by atoms with E-state index in [0.717, 1.165) is 23.2 Å². The van der Waals surface area contributed by atoms with Gasteiger partial charge in [-0.2, -0.15) is 4.31 Å². The maximum atomic E-state index is 13.5. The molecule has 2 aromatic rings. The molecule has 47 heavy (non-hydrogen) atoms. The lowest BCUT2D eigenvalue weighted by Gasteiger charge is -2.42. The van der Waals surface area contributed by atoms with Crippen LogP contribution in [0.25, 0.3) is 0 Å². The first kappa shape index (κ1) is 37.5. The summed E-state index contributed by atoms with van der Waals surface area (Å²) in [5, 5.41) is 8.66. The van der Waals surface area contributed by atoms with Gasteiger partial charge in [0.25, 0.3) is 5.91 Å². The SMILES string of the molecule is CC(=O)Nc1nc(CCc2ccc(NC(OC(N)=O)(OC(=O)NC(C)(C)C)C(C)(C)C)cc2)c(C(=O)N2CCN(S(C)(=O)=O)CC2)s1. The normalized spacial score (nSPS) is 15.7. The van der Waals surface area contributed by atoms with Crippen molar-refractivity contribution >= 4 is 56.2 Å². The number of thiazole rings is 1. The number of rotatable bonds is 10. The molecule has 1 aliphatic heterocycles. The van der Waals surface area contributed by atoms with E-state index in [1.165, 1.54) is 11.2 Å². The van der Waals surface area contributed by atoms with Crippen LogP contribution in [0.2, 0.25) is 0 Å². The molecule has 260 valence electrons. The molecule has 1 fully saturated rings. The van der Waals surface area contributed by atoms with Gasteiger partial charge in [-0.1, -0.05) is 44.2 Å². The highest BCUT2D eigenvalue weighted by molar-refractivity contribution is 7.88. The number of aryl methyl sites for hydroxylation is 2. The minimum Gasteiger partial charge on any atom is -0.387 e. The zero-order valence-electron chi connectivity index (χ0n) is 28.1. The van der Waals surface area contributed by atoms with Gasteiger partial charge in [0.05, 0.1) is 17.4 Å². The molecule has 0 radical (unpaired) electrons. The van der Waals surface area contributed by atoms with Crippen molar-refractivity contribution in [2.45, 2.75) is 72.8 Å². The molecule has 15 nitrogen and oxygen atoms in total. The molecule has 1 atom stereocenters.